The molecule has 3 rings (SSSR count). The molecule has 0 spiro atoms. The molecule has 1 aromatic carbocycles. The molecule has 0 atom stereocenters. The molecule has 134 valence electrons. The van der Waals surface area contributed by atoms with Crippen molar-refractivity contribution in [3.63, 3.8) is 0 Å². The third kappa shape index (κ3) is 4.29. The first-order valence-electron chi connectivity index (χ1n) is 8.38. The van der Waals surface area contributed by atoms with Crippen molar-refractivity contribution in [2.24, 2.45) is 0 Å². The number of anilines is 1. The largest absolute Gasteiger partial charge is 0.326 e. The van der Waals surface area contributed by atoms with E-state index in [1.807, 2.05) is 23.8 Å². The van der Waals surface area contributed by atoms with Crippen molar-refractivity contribution in [3.05, 3.63) is 46.2 Å². The van der Waals surface area contributed by atoms with E-state index in [-0.39, 0.29) is 17.2 Å². The average molecular weight is 379 g/mol. The molecule has 1 aromatic heterocycles. The van der Waals surface area contributed by atoms with Crippen molar-refractivity contribution in [1.29, 1.82) is 0 Å². The summed E-state index contributed by atoms with van der Waals surface area (Å²) in [5.74, 6) is -0.144. The summed E-state index contributed by atoms with van der Waals surface area (Å²) in [5, 5.41) is 6.71. The first-order valence-corrected chi connectivity index (χ1v) is 10.8. The molecule has 0 bridgehead atoms. The van der Waals surface area contributed by atoms with Gasteiger partial charge in [0.25, 0.3) is 0 Å². The van der Waals surface area contributed by atoms with Gasteiger partial charge in [0.15, 0.2) is 0 Å². The molecule has 2 aromatic rings. The second-order valence-corrected chi connectivity index (χ2v) is 9.02. The summed E-state index contributed by atoms with van der Waals surface area (Å²) in [6.07, 6.45) is 3.15. The lowest BCUT2D eigenvalue weighted by molar-refractivity contribution is -0.115. The highest BCUT2D eigenvalue weighted by atomic mass is 32.2. The van der Waals surface area contributed by atoms with Crippen molar-refractivity contribution in [2.45, 2.75) is 37.5 Å². The molecule has 1 fully saturated rings. The minimum absolute atomic E-state index is 0.144. The molecule has 0 radical (unpaired) electrons. The number of hydrogen-bond donors (Lipinski definition) is 1. The number of hydrogen-bond acceptors (Lipinski definition) is 4. The number of nitrogens with one attached hydrogen (secondary N) is 1. The van der Waals surface area contributed by atoms with Gasteiger partial charge in [0.2, 0.25) is 15.9 Å². The predicted molar refractivity (Wildman–Crippen MR) is 100 cm³/mol. The minimum Gasteiger partial charge on any atom is -0.326 e. The van der Waals surface area contributed by atoms with Crippen LogP contribution in [0.2, 0.25) is 0 Å². The maximum Gasteiger partial charge on any atom is 0.243 e. The first kappa shape index (κ1) is 18.1. The van der Waals surface area contributed by atoms with E-state index in [9.17, 15) is 13.2 Å². The standard InChI is InChI=1S/C18H22N2O3S2/c1-14-5-6-16(25(22,23)20-8-3-2-4-9-20)12-17(14)19-18(21)11-15-7-10-24-13-15/h5-7,10,12-13H,2-4,8-9,11H2,1H3,(H,19,21). The Hall–Kier alpha value is -1.70. The average Bonchev–Trinajstić information content (AvgIpc) is 3.10. The lowest BCUT2D eigenvalue weighted by Gasteiger charge is -2.26. The molecule has 1 amide bonds. The smallest absolute Gasteiger partial charge is 0.243 e. The Bertz CT molecular complexity index is 839. The zero-order valence-electron chi connectivity index (χ0n) is 14.2. The van der Waals surface area contributed by atoms with Gasteiger partial charge in [-0.3, -0.25) is 4.79 Å². The van der Waals surface area contributed by atoms with Crippen LogP contribution < -0.4 is 5.32 Å². The highest BCUT2D eigenvalue weighted by molar-refractivity contribution is 7.89. The highest BCUT2D eigenvalue weighted by Gasteiger charge is 2.26. The number of thiophene rings is 1. The quantitative estimate of drug-likeness (QED) is 0.867. The zero-order valence-corrected chi connectivity index (χ0v) is 15.8. The fraction of sp³-hybridized carbons (Fsp3) is 0.389. The van der Waals surface area contributed by atoms with Crippen LogP contribution in [0.5, 0.6) is 0 Å². The molecule has 2 heterocycles. The molecule has 25 heavy (non-hydrogen) atoms. The minimum atomic E-state index is -3.50. The monoisotopic (exact) mass is 378 g/mol. The Balaban J connectivity index is 1.79. The van der Waals surface area contributed by atoms with Crippen LogP contribution >= 0.6 is 11.3 Å². The summed E-state index contributed by atoms with van der Waals surface area (Å²) in [4.78, 5) is 12.5. The highest BCUT2D eigenvalue weighted by Crippen LogP contribution is 2.25. The number of sulfonamides is 1. The van der Waals surface area contributed by atoms with Crippen LogP contribution in [0.15, 0.2) is 39.9 Å². The van der Waals surface area contributed by atoms with Gasteiger partial charge < -0.3 is 5.32 Å². The van der Waals surface area contributed by atoms with Gasteiger partial charge >= 0.3 is 0 Å². The number of benzene rings is 1. The molecule has 1 saturated heterocycles. The number of nitrogens with zero attached hydrogens (tertiary/aromatic N) is 1. The normalized spacial score (nSPS) is 15.9. The lowest BCUT2D eigenvalue weighted by atomic mass is 10.2. The summed E-state index contributed by atoms with van der Waals surface area (Å²) in [6.45, 7) is 2.99. The van der Waals surface area contributed by atoms with E-state index in [1.165, 1.54) is 4.31 Å². The van der Waals surface area contributed by atoms with Gasteiger partial charge in [-0.1, -0.05) is 12.5 Å². The lowest BCUT2D eigenvalue weighted by Crippen LogP contribution is -2.35. The predicted octanol–water partition coefficient (Wildman–Crippen LogP) is 3.41. The molecular formula is C18H22N2O3S2. The second kappa shape index (κ2) is 7.68. The zero-order chi connectivity index (χ0) is 17.9. The number of aryl methyl sites for hydroxylation is 1. The van der Waals surface area contributed by atoms with Crippen LogP contribution in [0.1, 0.15) is 30.4 Å². The van der Waals surface area contributed by atoms with Crippen LogP contribution in [-0.4, -0.2) is 31.7 Å². The molecule has 0 unspecified atom stereocenters. The van der Waals surface area contributed by atoms with Crippen molar-refractivity contribution in [2.75, 3.05) is 18.4 Å². The fourth-order valence-electron chi connectivity index (χ4n) is 2.92. The number of piperidine rings is 1. The van der Waals surface area contributed by atoms with Crippen molar-refractivity contribution in [3.8, 4) is 0 Å². The van der Waals surface area contributed by atoms with Crippen LogP contribution in [0.4, 0.5) is 5.69 Å². The van der Waals surface area contributed by atoms with Gasteiger partial charge in [0, 0.05) is 18.8 Å². The third-order valence-corrected chi connectivity index (χ3v) is 7.01. The maximum atomic E-state index is 12.8. The van der Waals surface area contributed by atoms with E-state index in [2.05, 4.69) is 5.32 Å². The molecule has 1 aliphatic heterocycles. The van der Waals surface area contributed by atoms with Gasteiger partial charge in [-0.15, -0.1) is 0 Å². The first-order chi connectivity index (χ1) is 12.0. The van der Waals surface area contributed by atoms with Crippen molar-refractivity contribution in [1.82, 2.24) is 4.31 Å². The van der Waals surface area contributed by atoms with E-state index >= 15 is 0 Å². The SMILES string of the molecule is Cc1ccc(S(=O)(=O)N2CCCCC2)cc1NC(=O)Cc1ccsc1. The van der Waals surface area contributed by atoms with Crippen molar-refractivity contribution < 1.29 is 13.2 Å². The molecule has 1 N–H and O–H groups in total. The van der Waals surface area contributed by atoms with Gasteiger partial charge in [-0.05, 0) is 59.9 Å². The summed E-state index contributed by atoms with van der Waals surface area (Å²) in [7, 11) is -3.50. The topological polar surface area (TPSA) is 66.5 Å². The number of carbonyl (C=O) groups is 1. The number of amides is 1. The van der Waals surface area contributed by atoms with E-state index in [1.54, 1.807) is 29.5 Å². The van der Waals surface area contributed by atoms with E-state index < -0.39 is 10.0 Å². The Kier molecular flexibility index (Phi) is 5.56. The second-order valence-electron chi connectivity index (χ2n) is 6.30. The third-order valence-electron chi connectivity index (χ3n) is 4.38. The van der Waals surface area contributed by atoms with Gasteiger partial charge in [0.1, 0.15) is 0 Å². The van der Waals surface area contributed by atoms with Crippen LogP contribution in [-0.2, 0) is 21.2 Å². The number of rotatable bonds is 5. The summed E-state index contributed by atoms with van der Waals surface area (Å²) < 4.78 is 27.2. The summed E-state index contributed by atoms with van der Waals surface area (Å²) >= 11 is 1.55. The van der Waals surface area contributed by atoms with Gasteiger partial charge in [0.05, 0.1) is 11.3 Å². The maximum absolute atomic E-state index is 12.8. The summed E-state index contributed by atoms with van der Waals surface area (Å²) in [6, 6.07) is 6.85. The van der Waals surface area contributed by atoms with E-state index in [4.69, 9.17) is 0 Å². The van der Waals surface area contributed by atoms with Crippen LogP contribution in [0.25, 0.3) is 0 Å². The van der Waals surface area contributed by atoms with Crippen molar-refractivity contribution >= 4 is 33.0 Å². The number of carbonyl (C=O) groups excluding carboxylic acids is 1. The molecule has 1 aliphatic rings. The molecule has 5 nitrogen and oxygen atoms in total. The molecule has 7 heteroatoms. The van der Waals surface area contributed by atoms with Gasteiger partial charge in [-0.2, -0.15) is 15.6 Å². The Morgan fingerprint density at radius 3 is 2.64 bits per heavy atom. The van der Waals surface area contributed by atoms with Gasteiger partial charge in [-0.25, -0.2) is 8.42 Å². The molecule has 0 aliphatic carbocycles. The summed E-state index contributed by atoms with van der Waals surface area (Å²) in [5.41, 5.74) is 2.35. The van der Waals surface area contributed by atoms with Crippen LogP contribution in [0.3, 0.4) is 0 Å². The van der Waals surface area contributed by atoms with E-state index in [0.29, 0.717) is 18.8 Å². The van der Waals surface area contributed by atoms with Crippen LogP contribution in [0, 0.1) is 6.92 Å². The van der Waals surface area contributed by atoms with E-state index in [0.717, 1.165) is 30.4 Å². The molecule has 0 saturated carbocycles. The Labute approximate surface area is 152 Å². The Morgan fingerprint density at radius 2 is 1.96 bits per heavy atom. The fourth-order valence-corrected chi connectivity index (χ4v) is 5.14. The molecular weight excluding hydrogens is 356 g/mol. The Morgan fingerprint density at radius 1 is 1.20 bits per heavy atom.